The average molecular weight is 358 g/mol. The van der Waals surface area contributed by atoms with Gasteiger partial charge in [-0.15, -0.1) is 0 Å². The van der Waals surface area contributed by atoms with Crippen LogP contribution in [0.4, 0.5) is 4.79 Å². The van der Waals surface area contributed by atoms with Gasteiger partial charge in [0, 0.05) is 13.6 Å². The van der Waals surface area contributed by atoms with Crippen LogP contribution < -0.4 is 5.32 Å². The Kier molecular flexibility index (Phi) is 6.14. The molecular weight excluding hydrogens is 326 g/mol. The number of carbonyl (C=O) groups is 1. The second-order valence-corrected chi connectivity index (χ2v) is 7.38. The third-order valence-electron chi connectivity index (χ3n) is 5.20. The van der Waals surface area contributed by atoms with Crippen molar-refractivity contribution in [3.8, 4) is 0 Å². The fourth-order valence-electron chi connectivity index (χ4n) is 3.57. The quantitative estimate of drug-likeness (QED) is 0.798. The van der Waals surface area contributed by atoms with Gasteiger partial charge < -0.3 is 20.1 Å². The van der Waals surface area contributed by atoms with E-state index < -0.39 is 0 Å². The van der Waals surface area contributed by atoms with Crippen LogP contribution in [0.5, 0.6) is 0 Å². The Labute approximate surface area is 156 Å². The van der Waals surface area contributed by atoms with Gasteiger partial charge in [0.15, 0.2) is 0 Å². The largest absolute Gasteiger partial charge is 0.340 e. The number of likely N-dealkylation sites (tertiary alicyclic amines) is 1. The van der Waals surface area contributed by atoms with Crippen molar-refractivity contribution in [2.45, 2.75) is 45.6 Å². The van der Waals surface area contributed by atoms with Gasteiger partial charge in [0.05, 0.1) is 17.1 Å². The summed E-state index contributed by atoms with van der Waals surface area (Å²) >= 11 is 0. The molecule has 0 bridgehead atoms. The van der Waals surface area contributed by atoms with E-state index in [-0.39, 0.29) is 12.1 Å². The summed E-state index contributed by atoms with van der Waals surface area (Å²) in [6.45, 7) is 8.40. The van der Waals surface area contributed by atoms with E-state index in [1.165, 1.54) is 31.5 Å². The molecule has 0 radical (unpaired) electrons. The van der Waals surface area contributed by atoms with E-state index in [4.69, 9.17) is 0 Å². The van der Waals surface area contributed by atoms with E-state index in [9.17, 15) is 4.79 Å². The van der Waals surface area contributed by atoms with Gasteiger partial charge in [-0.05, 0) is 69.9 Å². The van der Waals surface area contributed by atoms with Gasteiger partial charge in [-0.1, -0.05) is 13.0 Å². The monoisotopic (exact) mass is 357 g/mol. The predicted octanol–water partition coefficient (Wildman–Crippen LogP) is 3.45. The molecule has 6 nitrogen and oxygen atoms in total. The van der Waals surface area contributed by atoms with Gasteiger partial charge in [-0.2, -0.15) is 0 Å². The highest BCUT2D eigenvalue weighted by molar-refractivity contribution is 5.77. The zero-order valence-electron chi connectivity index (χ0n) is 16.2. The number of fused-ring (bicyclic) bond motifs is 1. The molecule has 2 N–H and O–H groups in total. The zero-order chi connectivity index (χ0) is 18.5. The molecule has 2 aromatic rings. The fraction of sp³-hybridized carbons (Fsp3) is 0.600. The maximum atomic E-state index is 12.5. The normalized spacial score (nSPS) is 16.1. The highest BCUT2D eigenvalue weighted by Gasteiger charge is 2.19. The number of hydrogen-bond acceptors (Lipinski definition) is 3. The summed E-state index contributed by atoms with van der Waals surface area (Å²) < 4.78 is 0. The Morgan fingerprint density at radius 1 is 1.38 bits per heavy atom. The predicted molar refractivity (Wildman–Crippen MR) is 105 cm³/mol. The van der Waals surface area contributed by atoms with Crippen LogP contribution in [0.15, 0.2) is 18.2 Å². The Morgan fingerprint density at radius 3 is 2.88 bits per heavy atom. The van der Waals surface area contributed by atoms with Crippen molar-refractivity contribution in [1.82, 2.24) is 25.1 Å². The molecule has 1 aromatic heterocycles. The number of aromatic nitrogens is 2. The molecule has 2 amide bonds. The van der Waals surface area contributed by atoms with E-state index in [2.05, 4.69) is 46.2 Å². The number of benzene rings is 1. The second kappa shape index (κ2) is 8.54. The summed E-state index contributed by atoms with van der Waals surface area (Å²) in [5.41, 5.74) is 3.16. The molecule has 0 saturated carbocycles. The molecule has 1 unspecified atom stereocenters. The van der Waals surface area contributed by atoms with Gasteiger partial charge in [-0.25, -0.2) is 9.78 Å². The van der Waals surface area contributed by atoms with Crippen molar-refractivity contribution in [3.05, 3.63) is 29.6 Å². The Bertz CT molecular complexity index is 735. The van der Waals surface area contributed by atoms with Crippen molar-refractivity contribution in [3.63, 3.8) is 0 Å². The lowest BCUT2D eigenvalue weighted by Gasteiger charge is -2.23. The van der Waals surface area contributed by atoms with Crippen LogP contribution >= 0.6 is 0 Å². The molecule has 0 spiro atoms. The highest BCUT2D eigenvalue weighted by Crippen LogP contribution is 2.19. The lowest BCUT2D eigenvalue weighted by Crippen LogP contribution is -2.40. The van der Waals surface area contributed by atoms with E-state index in [0.29, 0.717) is 0 Å². The minimum Gasteiger partial charge on any atom is -0.340 e. The first-order valence-corrected chi connectivity index (χ1v) is 9.77. The number of amides is 2. The smallest absolute Gasteiger partial charge is 0.317 e. The summed E-state index contributed by atoms with van der Waals surface area (Å²) in [5, 5.41) is 3.12. The van der Waals surface area contributed by atoms with Crippen LogP contribution in [-0.4, -0.2) is 59.0 Å². The van der Waals surface area contributed by atoms with Crippen molar-refractivity contribution < 1.29 is 4.79 Å². The third-order valence-corrected chi connectivity index (χ3v) is 5.20. The lowest BCUT2D eigenvalue weighted by atomic mass is 10.2. The number of rotatable bonds is 7. The first kappa shape index (κ1) is 18.7. The SMILES string of the molecule is CCC(NC(=O)N(C)CCCN1CCCC1)c1nc2ccc(C)cc2[nH]1. The number of urea groups is 1. The first-order chi connectivity index (χ1) is 12.6. The number of H-pyrrole nitrogens is 1. The molecule has 1 aliphatic heterocycles. The number of hydrogen-bond donors (Lipinski definition) is 2. The Morgan fingerprint density at radius 2 is 2.15 bits per heavy atom. The highest BCUT2D eigenvalue weighted by atomic mass is 16.2. The number of aromatic amines is 1. The molecule has 6 heteroatoms. The van der Waals surface area contributed by atoms with Crippen LogP contribution in [0, 0.1) is 6.92 Å². The van der Waals surface area contributed by atoms with Crippen molar-refractivity contribution in [2.75, 3.05) is 33.2 Å². The molecular formula is C20H31N5O. The molecule has 1 fully saturated rings. The van der Waals surface area contributed by atoms with Crippen LogP contribution in [0.3, 0.4) is 0 Å². The Balaban J connectivity index is 1.54. The average Bonchev–Trinajstić information content (AvgIpc) is 3.28. The summed E-state index contributed by atoms with van der Waals surface area (Å²) in [6.07, 6.45) is 4.44. The van der Waals surface area contributed by atoms with Gasteiger partial charge in [0.2, 0.25) is 0 Å². The minimum atomic E-state index is -0.101. The number of aryl methyl sites for hydroxylation is 1. The summed E-state index contributed by atoms with van der Waals surface area (Å²) in [7, 11) is 1.87. The summed E-state index contributed by atoms with van der Waals surface area (Å²) in [6, 6.07) is 6.03. The summed E-state index contributed by atoms with van der Waals surface area (Å²) in [5.74, 6) is 0.826. The van der Waals surface area contributed by atoms with Crippen LogP contribution in [0.2, 0.25) is 0 Å². The molecule has 1 atom stereocenters. The van der Waals surface area contributed by atoms with Crippen molar-refractivity contribution in [1.29, 1.82) is 0 Å². The van der Waals surface area contributed by atoms with Gasteiger partial charge in [0.1, 0.15) is 5.82 Å². The number of carbonyl (C=O) groups excluding carboxylic acids is 1. The first-order valence-electron chi connectivity index (χ1n) is 9.77. The van der Waals surface area contributed by atoms with E-state index in [1.54, 1.807) is 4.90 Å². The maximum absolute atomic E-state index is 12.5. The van der Waals surface area contributed by atoms with E-state index >= 15 is 0 Å². The molecule has 2 heterocycles. The van der Waals surface area contributed by atoms with Gasteiger partial charge in [-0.3, -0.25) is 0 Å². The molecule has 142 valence electrons. The standard InChI is InChI=1S/C20H31N5O/c1-4-16(19-21-17-9-8-15(2)14-18(17)22-19)23-20(26)24(3)10-7-13-25-11-5-6-12-25/h8-9,14,16H,4-7,10-13H2,1-3H3,(H,21,22)(H,23,26). The van der Waals surface area contributed by atoms with Crippen LogP contribution in [0.25, 0.3) is 11.0 Å². The van der Waals surface area contributed by atoms with Gasteiger partial charge in [0.25, 0.3) is 0 Å². The second-order valence-electron chi connectivity index (χ2n) is 7.38. The topological polar surface area (TPSA) is 64.3 Å². The molecule has 1 aliphatic rings. The van der Waals surface area contributed by atoms with Crippen molar-refractivity contribution in [2.24, 2.45) is 0 Å². The molecule has 1 saturated heterocycles. The Hall–Kier alpha value is -2.08. The molecule has 0 aliphatic carbocycles. The molecule has 3 rings (SSSR count). The van der Waals surface area contributed by atoms with Crippen LogP contribution in [-0.2, 0) is 0 Å². The lowest BCUT2D eigenvalue weighted by molar-refractivity contribution is 0.200. The van der Waals surface area contributed by atoms with Crippen molar-refractivity contribution >= 4 is 17.1 Å². The zero-order valence-corrected chi connectivity index (χ0v) is 16.2. The fourth-order valence-corrected chi connectivity index (χ4v) is 3.57. The summed E-state index contributed by atoms with van der Waals surface area (Å²) in [4.78, 5) is 24.8. The molecule has 26 heavy (non-hydrogen) atoms. The van der Waals surface area contributed by atoms with E-state index in [0.717, 1.165) is 42.8 Å². The number of nitrogens with zero attached hydrogens (tertiary/aromatic N) is 3. The molecule has 1 aromatic carbocycles. The number of imidazole rings is 1. The van der Waals surface area contributed by atoms with Gasteiger partial charge >= 0.3 is 6.03 Å². The maximum Gasteiger partial charge on any atom is 0.317 e. The number of nitrogens with one attached hydrogen (secondary N) is 2. The minimum absolute atomic E-state index is 0.0325. The van der Waals surface area contributed by atoms with E-state index in [1.807, 2.05) is 13.1 Å². The van der Waals surface area contributed by atoms with Crippen LogP contribution in [0.1, 0.15) is 50.0 Å². The third kappa shape index (κ3) is 4.55.